The Hall–Kier alpha value is -0.590. The molecule has 39 valence electrons. The van der Waals surface area contributed by atoms with Gasteiger partial charge in [0.15, 0.2) is 0 Å². The third kappa shape index (κ3) is 2.15. The van der Waals surface area contributed by atoms with Crippen LogP contribution in [-0.4, -0.2) is 6.29 Å². The van der Waals surface area contributed by atoms with Gasteiger partial charge in [-0.05, 0) is 6.92 Å². The lowest BCUT2D eigenvalue weighted by Gasteiger charge is -1.95. The van der Waals surface area contributed by atoms with Gasteiger partial charge < -0.3 is 0 Å². The molecule has 1 nitrogen and oxygen atoms in total. The number of carbonyl (C=O) groups excluding carboxylic acids is 1. The van der Waals surface area contributed by atoms with Gasteiger partial charge in [0.1, 0.15) is 0 Å². The minimum atomic E-state index is -0.0972. The molecule has 0 bridgehead atoms. The van der Waals surface area contributed by atoms with E-state index in [1.807, 2.05) is 13.2 Å². The van der Waals surface area contributed by atoms with Gasteiger partial charge in [0.05, 0.1) is 0 Å². The van der Waals surface area contributed by atoms with Gasteiger partial charge in [-0.1, -0.05) is 19.1 Å². The van der Waals surface area contributed by atoms with Crippen LogP contribution in [0.5, 0.6) is 0 Å². The van der Waals surface area contributed by atoms with Gasteiger partial charge in [-0.25, -0.2) is 0 Å². The molecule has 0 heterocycles. The fraction of sp³-hybridized carbons (Fsp3) is 0.500. The van der Waals surface area contributed by atoms with Gasteiger partial charge in [-0.2, -0.15) is 0 Å². The third-order valence-corrected chi connectivity index (χ3v) is 0.916. The van der Waals surface area contributed by atoms with Crippen LogP contribution in [0.15, 0.2) is 12.2 Å². The summed E-state index contributed by atoms with van der Waals surface area (Å²) in [6, 6.07) is 0. The van der Waals surface area contributed by atoms with Crippen LogP contribution in [0.3, 0.4) is 0 Å². The molecule has 0 saturated carbocycles. The maximum atomic E-state index is 9.76. The summed E-state index contributed by atoms with van der Waals surface area (Å²) in [5.74, 6) is -0.0972. The zero-order valence-electron chi connectivity index (χ0n) is 4.69. The van der Waals surface area contributed by atoms with E-state index in [1.165, 1.54) is 0 Å². The third-order valence-electron chi connectivity index (χ3n) is 0.916. The highest BCUT2D eigenvalue weighted by molar-refractivity contribution is 5.58. The number of hydrogen-bond acceptors (Lipinski definition) is 1. The van der Waals surface area contributed by atoms with Crippen molar-refractivity contribution in [1.82, 2.24) is 0 Å². The Morgan fingerprint density at radius 2 is 2.29 bits per heavy atom. The summed E-state index contributed by atoms with van der Waals surface area (Å²) >= 11 is 0. The molecular weight excluding hydrogens is 88.1 g/mol. The molecule has 0 aromatic heterocycles. The first-order valence-electron chi connectivity index (χ1n) is 2.21. The van der Waals surface area contributed by atoms with Crippen molar-refractivity contribution in [1.29, 1.82) is 0 Å². The van der Waals surface area contributed by atoms with Crippen molar-refractivity contribution in [2.24, 2.45) is 5.92 Å². The highest BCUT2D eigenvalue weighted by atomic mass is 16.1. The molecule has 1 heteroatoms. The van der Waals surface area contributed by atoms with E-state index in [-0.39, 0.29) is 5.92 Å². The summed E-state index contributed by atoms with van der Waals surface area (Å²) in [6.07, 6.45) is 1.81. The van der Waals surface area contributed by atoms with Gasteiger partial charge in [-0.3, -0.25) is 4.79 Å². The summed E-state index contributed by atoms with van der Waals surface area (Å²) in [4.78, 5) is 9.76. The van der Waals surface area contributed by atoms with Crippen LogP contribution in [-0.2, 0) is 4.79 Å². The average molecular weight is 97.1 g/mol. The van der Waals surface area contributed by atoms with Crippen molar-refractivity contribution in [2.45, 2.75) is 13.8 Å². The fourth-order valence-electron chi connectivity index (χ4n) is 0.101. The summed E-state index contributed by atoms with van der Waals surface area (Å²) in [6.45, 7) is 7.15. The fourth-order valence-corrected chi connectivity index (χ4v) is 0.101. The van der Waals surface area contributed by atoms with Crippen molar-refractivity contribution >= 4 is 6.29 Å². The number of rotatable bonds is 2. The summed E-state index contributed by atoms with van der Waals surface area (Å²) in [5, 5.41) is 0. The maximum Gasteiger partial charge on any atom is 0.205 e. The van der Waals surface area contributed by atoms with Crippen LogP contribution in [0, 0.1) is 5.92 Å². The van der Waals surface area contributed by atoms with Crippen molar-refractivity contribution in [3.8, 4) is 0 Å². The highest BCUT2D eigenvalue weighted by Gasteiger charge is 1.97. The van der Waals surface area contributed by atoms with Gasteiger partial charge in [0.25, 0.3) is 0 Å². The summed E-state index contributed by atoms with van der Waals surface area (Å²) < 4.78 is 0. The van der Waals surface area contributed by atoms with E-state index in [1.54, 1.807) is 6.92 Å². The zero-order valence-corrected chi connectivity index (χ0v) is 4.69. The molecule has 1 unspecified atom stereocenters. The molecule has 7 heavy (non-hydrogen) atoms. The summed E-state index contributed by atoms with van der Waals surface area (Å²) in [5.41, 5.74) is 0.870. The molecule has 0 N–H and O–H groups in total. The molecule has 0 aromatic rings. The molecule has 1 atom stereocenters. The first-order valence-corrected chi connectivity index (χ1v) is 2.21. The Morgan fingerprint density at radius 1 is 1.86 bits per heavy atom. The normalized spacial score (nSPS) is 12.9. The number of allylic oxidation sites excluding steroid dienone is 1. The molecule has 0 aliphatic carbocycles. The van der Waals surface area contributed by atoms with Crippen LogP contribution >= 0.6 is 0 Å². The predicted molar refractivity (Wildman–Crippen MR) is 29.7 cm³/mol. The molecule has 0 saturated heterocycles. The lowest BCUT2D eigenvalue weighted by molar-refractivity contribution is 0.540. The predicted octanol–water partition coefficient (Wildman–Crippen LogP) is 1.31. The van der Waals surface area contributed by atoms with Crippen LogP contribution in [0.2, 0.25) is 0 Å². The molecular formula is C6H9O. The van der Waals surface area contributed by atoms with Crippen LogP contribution in [0.1, 0.15) is 13.8 Å². The molecule has 0 amide bonds. The summed E-state index contributed by atoms with van der Waals surface area (Å²) in [7, 11) is 0. The Labute approximate surface area is 44.0 Å². The molecule has 0 aliphatic rings. The largest absolute Gasteiger partial charge is 0.290 e. The maximum absolute atomic E-state index is 9.76. The molecule has 1 radical (unpaired) electrons. The van der Waals surface area contributed by atoms with E-state index in [0.717, 1.165) is 5.57 Å². The van der Waals surface area contributed by atoms with E-state index in [4.69, 9.17) is 0 Å². The topological polar surface area (TPSA) is 17.1 Å². The first-order chi connectivity index (χ1) is 3.18. The van der Waals surface area contributed by atoms with E-state index in [0.29, 0.717) is 0 Å². The van der Waals surface area contributed by atoms with Crippen LogP contribution in [0.4, 0.5) is 0 Å². The van der Waals surface area contributed by atoms with Crippen LogP contribution < -0.4 is 0 Å². The molecule has 0 aromatic carbocycles. The standard InChI is InChI=1S/C6H9O/c1-5(2)6(3)4-7/h6H,1H2,2-3H3. The minimum absolute atomic E-state index is 0.0972. The Bertz CT molecular complexity index is 84.2. The zero-order chi connectivity index (χ0) is 5.86. The van der Waals surface area contributed by atoms with Crippen molar-refractivity contribution in [3.05, 3.63) is 12.2 Å². The van der Waals surface area contributed by atoms with Crippen molar-refractivity contribution in [2.75, 3.05) is 0 Å². The van der Waals surface area contributed by atoms with E-state index >= 15 is 0 Å². The van der Waals surface area contributed by atoms with Crippen LogP contribution in [0.25, 0.3) is 0 Å². The van der Waals surface area contributed by atoms with Crippen molar-refractivity contribution in [3.63, 3.8) is 0 Å². The molecule has 0 rings (SSSR count). The average Bonchev–Trinajstić information content (AvgIpc) is 1.65. The first kappa shape index (κ1) is 6.41. The molecule has 0 fully saturated rings. The van der Waals surface area contributed by atoms with Crippen molar-refractivity contribution < 1.29 is 4.79 Å². The minimum Gasteiger partial charge on any atom is -0.290 e. The monoisotopic (exact) mass is 97.1 g/mol. The second-order valence-corrected chi connectivity index (χ2v) is 1.69. The second-order valence-electron chi connectivity index (χ2n) is 1.69. The van der Waals surface area contributed by atoms with Gasteiger partial charge in [0, 0.05) is 5.92 Å². The SMILES string of the molecule is C=C(C)C(C)[C]=O. The smallest absolute Gasteiger partial charge is 0.205 e. The van der Waals surface area contributed by atoms with E-state index in [9.17, 15) is 4.79 Å². The molecule has 0 spiro atoms. The second kappa shape index (κ2) is 2.56. The van der Waals surface area contributed by atoms with E-state index in [2.05, 4.69) is 6.58 Å². The lowest BCUT2D eigenvalue weighted by atomic mass is 10.1. The van der Waals surface area contributed by atoms with Gasteiger partial charge >= 0.3 is 0 Å². The molecule has 0 aliphatic heterocycles. The Balaban J connectivity index is 3.55. The lowest BCUT2D eigenvalue weighted by Crippen LogP contribution is -1.93. The van der Waals surface area contributed by atoms with Gasteiger partial charge in [-0.15, -0.1) is 0 Å². The number of hydrogen-bond donors (Lipinski definition) is 0. The Kier molecular flexibility index (Phi) is 2.34. The quantitative estimate of drug-likeness (QED) is 0.475. The van der Waals surface area contributed by atoms with Gasteiger partial charge in [0.2, 0.25) is 6.29 Å². The van der Waals surface area contributed by atoms with E-state index < -0.39 is 0 Å². The highest BCUT2D eigenvalue weighted by Crippen LogP contribution is 2.00. The Morgan fingerprint density at radius 3 is 2.29 bits per heavy atom.